The predicted octanol–water partition coefficient (Wildman–Crippen LogP) is 3.28. The van der Waals surface area contributed by atoms with Crippen LogP contribution in [0.15, 0.2) is 23.6 Å². The van der Waals surface area contributed by atoms with Gasteiger partial charge in [-0.3, -0.25) is 4.79 Å². The molecule has 1 fully saturated rings. The monoisotopic (exact) mass is 445 g/mol. The molecule has 10 heteroatoms. The fourth-order valence-corrected chi connectivity index (χ4v) is 6.03. The minimum absolute atomic E-state index is 0.0169. The maximum Gasteiger partial charge on any atom is 0.218 e. The van der Waals surface area contributed by atoms with Crippen molar-refractivity contribution in [3.8, 4) is 0 Å². The van der Waals surface area contributed by atoms with Gasteiger partial charge in [-0.1, -0.05) is 17.7 Å². The van der Waals surface area contributed by atoms with E-state index < -0.39 is 15.8 Å². The summed E-state index contributed by atoms with van der Waals surface area (Å²) in [5.41, 5.74) is 1.16. The minimum Gasteiger partial charge on any atom is -0.351 e. The highest BCUT2D eigenvalue weighted by molar-refractivity contribution is 7.88. The van der Waals surface area contributed by atoms with E-state index >= 15 is 0 Å². The molecule has 6 nitrogen and oxygen atoms in total. The Morgan fingerprint density at radius 3 is 2.96 bits per heavy atom. The summed E-state index contributed by atoms with van der Waals surface area (Å²) >= 11 is 7.47. The molecule has 1 N–H and O–H groups in total. The van der Waals surface area contributed by atoms with E-state index in [0.717, 1.165) is 29.6 Å². The Morgan fingerprint density at radius 2 is 2.25 bits per heavy atom. The number of rotatable bonds is 6. The van der Waals surface area contributed by atoms with Crippen LogP contribution in [-0.2, 0) is 27.1 Å². The van der Waals surface area contributed by atoms with Gasteiger partial charge in [0, 0.05) is 36.3 Å². The summed E-state index contributed by atoms with van der Waals surface area (Å²) in [7, 11) is -3.58. The molecule has 1 aromatic carbocycles. The Labute approximate surface area is 172 Å². The zero-order valence-electron chi connectivity index (χ0n) is 15.3. The van der Waals surface area contributed by atoms with Gasteiger partial charge in [0.25, 0.3) is 0 Å². The quantitative estimate of drug-likeness (QED) is 0.740. The second-order valence-electron chi connectivity index (χ2n) is 6.78. The molecule has 152 valence electrons. The number of piperidine rings is 1. The summed E-state index contributed by atoms with van der Waals surface area (Å²) < 4.78 is 40.4. The number of halogens is 2. The first-order valence-corrected chi connectivity index (χ1v) is 11.7. The van der Waals surface area contributed by atoms with Crippen molar-refractivity contribution in [2.45, 2.75) is 38.0 Å². The second kappa shape index (κ2) is 8.86. The van der Waals surface area contributed by atoms with Gasteiger partial charge in [0.15, 0.2) is 0 Å². The first-order chi connectivity index (χ1) is 13.2. The predicted molar refractivity (Wildman–Crippen MR) is 107 cm³/mol. The van der Waals surface area contributed by atoms with Crippen LogP contribution in [0.1, 0.15) is 41.9 Å². The molecule has 0 spiro atoms. The summed E-state index contributed by atoms with van der Waals surface area (Å²) in [4.78, 5) is 15.6. The van der Waals surface area contributed by atoms with E-state index in [2.05, 4.69) is 10.3 Å². The molecule has 28 heavy (non-hydrogen) atoms. The molecule has 1 aromatic heterocycles. The van der Waals surface area contributed by atoms with Crippen LogP contribution in [0, 0.1) is 5.82 Å². The summed E-state index contributed by atoms with van der Waals surface area (Å²) in [5.74, 6) is -0.861. The molecule has 1 atom stereocenters. The molecule has 0 bridgehead atoms. The number of hydrogen-bond acceptors (Lipinski definition) is 5. The lowest BCUT2D eigenvalue weighted by Gasteiger charge is -2.31. The number of amides is 1. The summed E-state index contributed by atoms with van der Waals surface area (Å²) in [5, 5.41) is 5.58. The molecule has 1 unspecified atom stereocenters. The first-order valence-electron chi connectivity index (χ1n) is 8.85. The van der Waals surface area contributed by atoms with Crippen LogP contribution in [0.2, 0.25) is 5.02 Å². The maximum atomic E-state index is 13.2. The van der Waals surface area contributed by atoms with Crippen LogP contribution < -0.4 is 5.32 Å². The fourth-order valence-electron chi connectivity index (χ4n) is 3.13. The third-order valence-electron chi connectivity index (χ3n) is 4.57. The lowest BCUT2D eigenvalue weighted by atomic mass is 10.0. The Balaban J connectivity index is 1.69. The van der Waals surface area contributed by atoms with Gasteiger partial charge in [0.05, 0.1) is 23.0 Å². The van der Waals surface area contributed by atoms with Crippen LogP contribution in [0.3, 0.4) is 0 Å². The standard InChI is InChI=1S/C18H21ClFN3O3S2/c1-12(24)21-8-16-10-27-18(22-16)13-3-2-6-23(9-13)28(25,26)11-14-4-5-15(20)7-17(14)19/h4-5,7,10,13H,2-3,6,8-9,11H2,1H3,(H,21,24). The van der Waals surface area contributed by atoms with Gasteiger partial charge >= 0.3 is 0 Å². The van der Waals surface area contributed by atoms with E-state index in [1.54, 1.807) is 0 Å². The van der Waals surface area contributed by atoms with Crippen molar-refractivity contribution in [1.82, 2.24) is 14.6 Å². The van der Waals surface area contributed by atoms with Gasteiger partial charge < -0.3 is 5.32 Å². The van der Waals surface area contributed by atoms with Gasteiger partial charge in [-0.05, 0) is 30.5 Å². The Bertz CT molecular complexity index is 965. The maximum absolute atomic E-state index is 13.2. The summed E-state index contributed by atoms with van der Waals surface area (Å²) in [6.45, 7) is 2.62. The largest absolute Gasteiger partial charge is 0.351 e. The topological polar surface area (TPSA) is 79.4 Å². The number of aromatic nitrogens is 1. The highest BCUT2D eigenvalue weighted by Crippen LogP contribution is 2.31. The molecule has 3 rings (SSSR count). The summed E-state index contributed by atoms with van der Waals surface area (Å²) in [6, 6.07) is 3.74. The van der Waals surface area contributed by atoms with Crippen molar-refractivity contribution in [3.05, 3.63) is 50.7 Å². The zero-order valence-corrected chi connectivity index (χ0v) is 17.7. The average molecular weight is 446 g/mol. The number of carbonyl (C=O) groups is 1. The van der Waals surface area contributed by atoms with Crippen LogP contribution in [-0.4, -0.2) is 36.7 Å². The smallest absolute Gasteiger partial charge is 0.218 e. The zero-order chi connectivity index (χ0) is 20.3. The Hall–Kier alpha value is -1.55. The van der Waals surface area contributed by atoms with E-state index in [1.165, 1.54) is 34.7 Å². The third-order valence-corrected chi connectivity index (χ3v) is 7.77. The van der Waals surface area contributed by atoms with Crippen LogP contribution in [0.25, 0.3) is 0 Å². The van der Waals surface area contributed by atoms with Gasteiger partial charge in [-0.2, -0.15) is 0 Å². The van der Waals surface area contributed by atoms with E-state index in [9.17, 15) is 17.6 Å². The van der Waals surface area contributed by atoms with Crippen molar-refractivity contribution in [3.63, 3.8) is 0 Å². The summed E-state index contributed by atoms with van der Waals surface area (Å²) in [6.07, 6.45) is 1.60. The Morgan fingerprint density at radius 1 is 1.46 bits per heavy atom. The molecule has 1 aliphatic rings. The van der Waals surface area contributed by atoms with Crippen molar-refractivity contribution in [2.75, 3.05) is 13.1 Å². The lowest BCUT2D eigenvalue weighted by Crippen LogP contribution is -2.39. The van der Waals surface area contributed by atoms with Crippen LogP contribution in [0.5, 0.6) is 0 Å². The second-order valence-corrected chi connectivity index (χ2v) is 10.0. The number of nitrogens with one attached hydrogen (secondary N) is 1. The molecule has 1 amide bonds. The molecule has 0 radical (unpaired) electrons. The first kappa shape index (κ1) is 21.2. The third kappa shape index (κ3) is 5.28. The number of carbonyl (C=O) groups excluding carboxylic acids is 1. The lowest BCUT2D eigenvalue weighted by molar-refractivity contribution is -0.119. The number of sulfonamides is 1. The molecular formula is C18H21ClFN3O3S2. The number of benzene rings is 1. The normalized spacial score (nSPS) is 18.2. The SMILES string of the molecule is CC(=O)NCc1csc(C2CCCN(S(=O)(=O)Cc3ccc(F)cc3Cl)C2)n1. The molecule has 1 saturated heterocycles. The number of nitrogens with zero attached hydrogens (tertiary/aromatic N) is 2. The van der Waals surface area contributed by atoms with E-state index in [0.29, 0.717) is 25.2 Å². The molecule has 1 aliphatic heterocycles. The molecule has 0 saturated carbocycles. The van der Waals surface area contributed by atoms with Gasteiger partial charge in [0.2, 0.25) is 15.9 Å². The van der Waals surface area contributed by atoms with Crippen LogP contribution >= 0.6 is 22.9 Å². The number of thiazole rings is 1. The van der Waals surface area contributed by atoms with Gasteiger partial charge in [-0.25, -0.2) is 22.1 Å². The fraction of sp³-hybridized carbons (Fsp3) is 0.444. The van der Waals surface area contributed by atoms with Crippen molar-refractivity contribution >= 4 is 38.9 Å². The van der Waals surface area contributed by atoms with E-state index in [4.69, 9.17) is 11.6 Å². The minimum atomic E-state index is -3.58. The van der Waals surface area contributed by atoms with Gasteiger partial charge in [0.1, 0.15) is 5.82 Å². The van der Waals surface area contributed by atoms with Crippen molar-refractivity contribution < 1.29 is 17.6 Å². The van der Waals surface area contributed by atoms with E-state index in [1.807, 2.05) is 5.38 Å². The number of hydrogen-bond donors (Lipinski definition) is 1. The average Bonchev–Trinajstić information content (AvgIpc) is 3.12. The Kier molecular flexibility index (Phi) is 6.69. The van der Waals surface area contributed by atoms with E-state index in [-0.39, 0.29) is 22.6 Å². The van der Waals surface area contributed by atoms with Crippen molar-refractivity contribution in [1.29, 1.82) is 0 Å². The molecule has 2 heterocycles. The highest BCUT2D eigenvalue weighted by Gasteiger charge is 2.31. The van der Waals surface area contributed by atoms with Gasteiger partial charge in [-0.15, -0.1) is 11.3 Å². The molecular weight excluding hydrogens is 425 g/mol. The van der Waals surface area contributed by atoms with Crippen molar-refractivity contribution in [2.24, 2.45) is 0 Å². The molecule has 2 aromatic rings. The molecule has 0 aliphatic carbocycles. The van der Waals surface area contributed by atoms with Crippen LogP contribution in [0.4, 0.5) is 4.39 Å². The highest BCUT2D eigenvalue weighted by atomic mass is 35.5.